The summed E-state index contributed by atoms with van der Waals surface area (Å²) in [7, 11) is 0. The number of alkyl halides is 4. The van der Waals surface area contributed by atoms with Gasteiger partial charge in [-0.3, -0.25) is 19.2 Å². The molecule has 0 aliphatic carbocycles. The van der Waals surface area contributed by atoms with Gasteiger partial charge < -0.3 is 0 Å². The van der Waals surface area contributed by atoms with Gasteiger partial charge in [-0.05, 0) is 88.2 Å². The van der Waals surface area contributed by atoms with Crippen LogP contribution in [-0.4, -0.2) is 76.1 Å². The molecule has 0 N–H and O–H groups in total. The van der Waals surface area contributed by atoms with Crippen molar-refractivity contribution in [2.75, 3.05) is 44.3 Å². The van der Waals surface area contributed by atoms with Crippen molar-refractivity contribution in [2.24, 2.45) is 0 Å². The van der Waals surface area contributed by atoms with E-state index >= 15 is 0 Å². The van der Waals surface area contributed by atoms with E-state index in [9.17, 15) is 19.2 Å². The Bertz CT molecular complexity index is 701. The number of Topliss-reactive ketones (excluding diaryl/α,β-unsaturated/α-hetero) is 4. The van der Waals surface area contributed by atoms with Gasteiger partial charge in [0.05, 0.1) is 0 Å². The molecule has 4 nitrogen and oxygen atoms in total. The topological polar surface area (TPSA) is 68.3 Å². The Hall–Kier alpha value is 2.00. The number of halogens is 4. The van der Waals surface area contributed by atoms with Gasteiger partial charge in [-0.15, -0.1) is 47.0 Å². The first-order chi connectivity index (χ1) is 20.1. The molecule has 2 rings (SSSR count). The average Bonchev–Trinajstić information content (AvgIpc) is 2.99. The third-order valence-corrected chi connectivity index (χ3v) is 15.0. The summed E-state index contributed by atoms with van der Waals surface area (Å²) in [6.07, 6.45) is 14.5. The normalized spacial score (nSPS) is 15.6. The SMILES string of the molecule is BrCCCCCBr.C.CC(=O)C(=O)CCCCCBr.CC(=O)C1(CCCCCBr)SCCCS1.CC(=O)C1SCCCS1. The maximum Gasteiger partial charge on any atom is 0.198 e. The van der Waals surface area contributed by atoms with Crippen LogP contribution in [0.3, 0.4) is 0 Å². The Labute approximate surface area is 314 Å². The highest BCUT2D eigenvalue weighted by Gasteiger charge is 2.37. The van der Waals surface area contributed by atoms with E-state index in [1.54, 1.807) is 37.4 Å². The number of thioether (sulfide) groups is 4. The summed E-state index contributed by atoms with van der Waals surface area (Å²) in [5.41, 5.74) is 0. The molecule has 43 heavy (non-hydrogen) atoms. The summed E-state index contributed by atoms with van der Waals surface area (Å²) in [6, 6.07) is 0. The van der Waals surface area contributed by atoms with Crippen molar-refractivity contribution in [3.63, 3.8) is 0 Å². The van der Waals surface area contributed by atoms with E-state index in [1.807, 2.05) is 23.5 Å². The standard InChI is InChI=1S/C11H19BrOS2.C8H13BrO2.C6H10OS2.C5H10Br2.CH4/c1-10(13)11(6-3-2-4-7-12)14-8-5-9-15-11;1-7(10)8(11)5-3-2-4-6-9;1-5(7)6-8-3-2-4-9-6;6-4-2-1-3-5-7;/h2-9H2,1H3;2-6H2,1H3;6H,2-4H2,1H3;1-5H2;1H4. The minimum Gasteiger partial charge on any atom is -0.298 e. The molecule has 2 saturated heterocycles. The fourth-order valence-electron chi connectivity index (χ4n) is 3.55. The van der Waals surface area contributed by atoms with Crippen LogP contribution >= 0.6 is 111 Å². The molecule has 0 aromatic rings. The average molecular weight is 941 g/mol. The Balaban J connectivity index is -0.000000512. The van der Waals surface area contributed by atoms with Crippen LogP contribution in [0.5, 0.6) is 0 Å². The number of carbonyl (C=O) groups is 4. The number of hydrogen-bond acceptors (Lipinski definition) is 8. The predicted molar refractivity (Wildman–Crippen MR) is 215 cm³/mol. The van der Waals surface area contributed by atoms with Crippen LogP contribution in [0, 0.1) is 0 Å². The fraction of sp³-hybridized carbons (Fsp3) is 0.871. The molecule has 0 radical (unpaired) electrons. The largest absolute Gasteiger partial charge is 0.298 e. The van der Waals surface area contributed by atoms with Crippen LogP contribution in [0.4, 0.5) is 0 Å². The zero-order chi connectivity index (χ0) is 32.1. The lowest BCUT2D eigenvalue weighted by Crippen LogP contribution is -2.33. The van der Waals surface area contributed by atoms with Gasteiger partial charge in [0.15, 0.2) is 23.1 Å². The molecule has 0 aromatic heterocycles. The van der Waals surface area contributed by atoms with E-state index in [-0.39, 0.29) is 27.7 Å². The highest BCUT2D eigenvalue weighted by Crippen LogP contribution is 2.46. The van der Waals surface area contributed by atoms with Crippen molar-refractivity contribution in [1.82, 2.24) is 0 Å². The molecule has 0 saturated carbocycles. The molecule has 256 valence electrons. The van der Waals surface area contributed by atoms with Gasteiger partial charge in [-0.2, -0.15) is 0 Å². The fourth-order valence-corrected chi connectivity index (χ4v) is 11.0. The van der Waals surface area contributed by atoms with Gasteiger partial charge in [0.2, 0.25) is 0 Å². The molecule has 0 atom stereocenters. The van der Waals surface area contributed by atoms with E-state index in [2.05, 4.69) is 63.7 Å². The van der Waals surface area contributed by atoms with Crippen molar-refractivity contribution in [1.29, 1.82) is 0 Å². The van der Waals surface area contributed by atoms with Crippen LogP contribution in [0.25, 0.3) is 0 Å². The Morgan fingerprint density at radius 1 is 0.628 bits per heavy atom. The first-order valence-corrected chi connectivity index (χ1v) is 23.5. The second kappa shape index (κ2) is 35.3. The molecule has 0 aromatic carbocycles. The molecule has 12 heteroatoms. The van der Waals surface area contributed by atoms with E-state index in [0.29, 0.717) is 18.0 Å². The summed E-state index contributed by atoms with van der Waals surface area (Å²) in [4.78, 5) is 43.7. The number of rotatable bonds is 17. The molecule has 2 fully saturated rings. The van der Waals surface area contributed by atoms with Gasteiger partial charge in [0.25, 0.3) is 0 Å². The molecule has 0 bridgehead atoms. The van der Waals surface area contributed by atoms with Gasteiger partial charge in [-0.1, -0.05) is 96.8 Å². The van der Waals surface area contributed by atoms with Crippen LogP contribution in [0.2, 0.25) is 0 Å². The van der Waals surface area contributed by atoms with Crippen molar-refractivity contribution < 1.29 is 19.2 Å². The summed E-state index contributed by atoms with van der Waals surface area (Å²) in [6.45, 7) is 4.76. The Morgan fingerprint density at radius 3 is 1.42 bits per heavy atom. The number of hydrogen-bond donors (Lipinski definition) is 0. The van der Waals surface area contributed by atoms with Crippen LogP contribution in [-0.2, 0) is 19.2 Å². The monoisotopic (exact) mass is 936 g/mol. The molecule has 2 aliphatic heterocycles. The highest BCUT2D eigenvalue weighted by molar-refractivity contribution is 9.09. The third kappa shape index (κ3) is 29.8. The summed E-state index contributed by atoms with van der Waals surface area (Å²) >= 11 is 20.8. The third-order valence-electron chi connectivity index (χ3n) is 5.99. The summed E-state index contributed by atoms with van der Waals surface area (Å²) < 4.78 is 0.156. The first kappa shape index (κ1) is 49.4. The van der Waals surface area contributed by atoms with Crippen LogP contribution in [0.15, 0.2) is 0 Å². The molecule has 0 unspecified atom stereocenters. The lowest BCUT2D eigenvalue weighted by Gasteiger charge is -2.33. The molecular weight excluding hydrogens is 884 g/mol. The quantitative estimate of drug-likeness (QED) is 0.0812. The Kier molecular flexibility index (Phi) is 40.6. The number of ketones is 4. The summed E-state index contributed by atoms with van der Waals surface area (Å²) in [5.74, 6) is 4.79. The predicted octanol–water partition coefficient (Wildman–Crippen LogP) is 11.6. The molecular formula is C31H56Br4O4S4. The lowest BCUT2D eigenvalue weighted by molar-refractivity contribution is -0.135. The summed E-state index contributed by atoms with van der Waals surface area (Å²) in [5, 5.41) is 4.36. The number of unbranched alkanes of at least 4 members (excludes halogenated alkanes) is 6. The zero-order valence-corrected chi connectivity index (χ0v) is 35.3. The highest BCUT2D eigenvalue weighted by atomic mass is 79.9. The van der Waals surface area contributed by atoms with Gasteiger partial charge >= 0.3 is 0 Å². The minimum atomic E-state index is -0.316. The first-order valence-electron chi connectivity index (χ1n) is 14.9. The van der Waals surface area contributed by atoms with Gasteiger partial charge in [0.1, 0.15) is 8.66 Å². The van der Waals surface area contributed by atoms with Crippen LogP contribution in [0.1, 0.15) is 112 Å². The maximum atomic E-state index is 11.7. The van der Waals surface area contributed by atoms with E-state index in [0.717, 1.165) is 70.0 Å². The van der Waals surface area contributed by atoms with E-state index < -0.39 is 0 Å². The van der Waals surface area contributed by atoms with Crippen molar-refractivity contribution in [3.8, 4) is 0 Å². The molecule has 2 aliphatic rings. The van der Waals surface area contributed by atoms with Gasteiger partial charge in [0, 0.05) is 34.7 Å². The minimum absolute atomic E-state index is 0. The lowest BCUT2D eigenvalue weighted by atomic mass is 10.1. The zero-order valence-electron chi connectivity index (χ0n) is 25.7. The molecule has 2 heterocycles. The van der Waals surface area contributed by atoms with Crippen molar-refractivity contribution in [2.45, 2.75) is 120 Å². The van der Waals surface area contributed by atoms with Crippen molar-refractivity contribution in [3.05, 3.63) is 0 Å². The maximum absolute atomic E-state index is 11.7. The molecule has 0 spiro atoms. The smallest absolute Gasteiger partial charge is 0.198 e. The van der Waals surface area contributed by atoms with E-state index in [4.69, 9.17) is 0 Å². The van der Waals surface area contributed by atoms with Crippen molar-refractivity contribution >= 4 is 134 Å². The van der Waals surface area contributed by atoms with Gasteiger partial charge in [-0.25, -0.2) is 0 Å². The second-order valence-electron chi connectivity index (χ2n) is 9.81. The van der Waals surface area contributed by atoms with Crippen LogP contribution < -0.4 is 0 Å². The van der Waals surface area contributed by atoms with E-state index in [1.165, 1.54) is 58.3 Å². The molecule has 0 amide bonds. The number of carbonyl (C=O) groups excluding carboxylic acids is 4. The Morgan fingerprint density at radius 2 is 1.05 bits per heavy atom. The second-order valence-corrected chi connectivity index (χ2v) is 18.8.